The van der Waals surface area contributed by atoms with E-state index < -0.39 is 0 Å². The van der Waals surface area contributed by atoms with E-state index in [1.807, 2.05) is 25.3 Å². The van der Waals surface area contributed by atoms with Gasteiger partial charge in [0.15, 0.2) is 0 Å². The van der Waals surface area contributed by atoms with Crippen LogP contribution in [0.5, 0.6) is 0 Å². The topological polar surface area (TPSA) is 73.1 Å². The van der Waals surface area contributed by atoms with E-state index in [1.54, 1.807) is 12.3 Å². The summed E-state index contributed by atoms with van der Waals surface area (Å²) in [4.78, 5) is 14.7. The van der Waals surface area contributed by atoms with E-state index >= 15 is 0 Å². The van der Waals surface area contributed by atoms with Crippen molar-refractivity contribution in [3.63, 3.8) is 0 Å². The molecule has 2 heterocycles. The molecule has 25 heavy (non-hydrogen) atoms. The second-order valence-electron chi connectivity index (χ2n) is 7.44. The third kappa shape index (κ3) is 5.27. The number of carbonyl (C=O) groups excluding carboxylic acids is 1. The molecule has 0 aromatic carbocycles. The Morgan fingerprint density at radius 3 is 2.64 bits per heavy atom. The van der Waals surface area contributed by atoms with Crippen molar-refractivity contribution in [1.29, 1.82) is 5.26 Å². The van der Waals surface area contributed by atoms with E-state index in [4.69, 9.17) is 11.7 Å². The summed E-state index contributed by atoms with van der Waals surface area (Å²) in [5.74, 6) is 3.30. The monoisotopic (exact) mass is 341 g/mol. The molecule has 1 aliphatic heterocycles. The fourth-order valence-electron chi connectivity index (χ4n) is 3.04. The molecule has 1 aromatic heterocycles. The molecule has 1 aliphatic rings. The number of anilines is 1. The number of urea groups is 1. The van der Waals surface area contributed by atoms with Crippen molar-refractivity contribution in [3.8, 4) is 18.4 Å². The summed E-state index contributed by atoms with van der Waals surface area (Å²) in [5, 5.41) is 15.0. The van der Waals surface area contributed by atoms with Crippen LogP contribution in [0, 0.1) is 23.7 Å². The van der Waals surface area contributed by atoms with Crippen LogP contribution in [-0.2, 0) is 5.54 Å². The zero-order chi connectivity index (χ0) is 18.4. The zero-order valence-corrected chi connectivity index (χ0v) is 15.3. The Bertz CT molecular complexity index is 678. The molecule has 0 unspecified atom stereocenters. The lowest BCUT2D eigenvalue weighted by molar-refractivity contribution is 0.199. The number of carbonyl (C=O) groups is 1. The lowest BCUT2D eigenvalue weighted by Gasteiger charge is -2.32. The van der Waals surface area contributed by atoms with Gasteiger partial charge in [0, 0.05) is 43.8 Å². The fraction of sp³-hybridized carbons (Fsp3) is 0.579. The van der Waals surface area contributed by atoms with Crippen molar-refractivity contribution in [3.05, 3.63) is 17.8 Å². The molecular weight excluding hydrogens is 314 g/mol. The molecule has 0 aliphatic carbocycles. The van der Waals surface area contributed by atoms with Crippen molar-refractivity contribution in [2.45, 2.75) is 51.6 Å². The maximum Gasteiger partial charge on any atom is 0.320 e. The predicted octanol–water partition coefficient (Wildman–Crippen LogP) is 2.72. The molecule has 0 atom stereocenters. The van der Waals surface area contributed by atoms with Gasteiger partial charge >= 0.3 is 6.03 Å². The van der Waals surface area contributed by atoms with Crippen LogP contribution in [0.15, 0.2) is 12.3 Å². The van der Waals surface area contributed by atoms with Crippen molar-refractivity contribution < 1.29 is 4.79 Å². The van der Waals surface area contributed by atoms with E-state index in [0.717, 1.165) is 38.9 Å². The van der Waals surface area contributed by atoms with Crippen LogP contribution in [0.3, 0.4) is 0 Å². The number of likely N-dealkylation sites (tertiary alicyclic amines) is 1. The number of hydrogen-bond acceptors (Lipinski definition) is 3. The minimum atomic E-state index is -0.227. The van der Waals surface area contributed by atoms with E-state index in [-0.39, 0.29) is 17.6 Å². The largest absolute Gasteiger partial charge is 0.335 e. The molecule has 1 fully saturated rings. The van der Waals surface area contributed by atoms with E-state index in [2.05, 4.69) is 27.5 Å². The van der Waals surface area contributed by atoms with Crippen molar-refractivity contribution in [2.24, 2.45) is 0 Å². The average molecular weight is 341 g/mol. The van der Waals surface area contributed by atoms with E-state index in [9.17, 15) is 4.79 Å². The first-order valence-corrected chi connectivity index (χ1v) is 8.70. The van der Waals surface area contributed by atoms with Crippen molar-refractivity contribution in [2.75, 3.05) is 25.0 Å². The summed E-state index contributed by atoms with van der Waals surface area (Å²) < 4.78 is 1.91. The molecule has 2 N–H and O–H groups in total. The van der Waals surface area contributed by atoms with Gasteiger partial charge in [0.2, 0.25) is 0 Å². The van der Waals surface area contributed by atoms with Gasteiger partial charge < -0.3 is 14.8 Å². The first kappa shape index (κ1) is 18.9. The SMILES string of the molecule is C#CCCN1CCC(NC(=O)Nc2cc(C#N)cn2C(C)(C)C)CC1. The van der Waals surface area contributed by atoms with E-state index in [0.29, 0.717) is 11.4 Å². The maximum absolute atomic E-state index is 12.4. The smallest absolute Gasteiger partial charge is 0.320 e. The standard InChI is InChI=1S/C19H27N5O/c1-5-6-9-23-10-7-16(8-11-23)21-18(25)22-17-12-15(13-20)14-24(17)19(2,3)4/h1,12,14,16H,6-11H2,2-4H3,(H2,21,22,25). The average Bonchev–Trinajstić information content (AvgIpc) is 2.97. The quantitative estimate of drug-likeness (QED) is 0.827. The molecule has 6 heteroatoms. The number of hydrogen-bond donors (Lipinski definition) is 2. The van der Waals surface area contributed by atoms with Crippen LogP contribution in [0.25, 0.3) is 0 Å². The third-order valence-electron chi connectivity index (χ3n) is 4.41. The Morgan fingerprint density at radius 1 is 1.40 bits per heavy atom. The van der Waals surface area contributed by atoms with Gasteiger partial charge in [-0.05, 0) is 39.7 Å². The molecule has 0 saturated carbocycles. The second kappa shape index (κ2) is 8.09. The Labute approximate surface area is 150 Å². The molecule has 0 radical (unpaired) electrons. The first-order chi connectivity index (χ1) is 11.8. The summed E-state index contributed by atoms with van der Waals surface area (Å²) in [6, 6.07) is 3.76. The number of nitrogens with one attached hydrogen (secondary N) is 2. The van der Waals surface area contributed by atoms with Crippen LogP contribution in [-0.4, -0.2) is 41.2 Å². The van der Waals surface area contributed by atoms with E-state index in [1.165, 1.54) is 0 Å². The third-order valence-corrected chi connectivity index (χ3v) is 4.41. The summed E-state index contributed by atoms with van der Waals surface area (Å²) in [6.45, 7) is 8.91. The van der Waals surface area contributed by atoms with Gasteiger partial charge in [-0.25, -0.2) is 4.79 Å². The Kier molecular flexibility index (Phi) is 6.12. The Hall–Kier alpha value is -2.44. The summed E-state index contributed by atoms with van der Waals surface area (Å²) in [5.41, 5.74) is 0.312. The van der Waals surface area contributed by atoms with Crippen LogP contribution in [0.2, 0.25) is 0 Å². The minimum absolute atomic E-state index is 0.163. The number of rotatable bonds is 4. The molecule has 1 saturated heterocycles. The molecule has 134 valence electrons. The highest BCUT2D eigenvalue weighted by Gasteiger charge is 2.22. The van der Waals surface area contributed by atoms with Gasteiger partial charge in [0.05, 0.1) is 5.56 Å². The maximum atomic E-state index is 12.4. The van der Waals surface area contributed by atoms with Gasteiger partial charge in [0.1, 0.15) is 11.9 Å². The highest BCUT2D eigenvalue weighted by molar-refractivity contribution is 5.89. The molecule has 2 rings (SSSR count). The highest BCUT2D eigenvalue weighted by Crippen LogP contribution is 2.24. The Balaban J connectivity index is 1.91. The van der Waals surface area contributed by atoms with Gasteiger partial charge in [-0.3, -0.25) is 5.32 Å². The number of amides is 2. The van der Waals surface area contributed by atoms with Gasteiger partial charge in [0.25, 0.3) is 0 Å². The van der Waals surface area contributed by atoms with Crippen LogP contribution < -0.4 is 10.6 Å². The second-order valence-corrected chi connectivity index (χ2v) is 7.44. The number of terminal acetylenes is 1. The fourth-order valence-corrected chi connectivity index (χ4v) is 3.04. The number of nitriles is 1. The molecule has 1 aromatic rings. The zero-order valence-electron chi connectivity index (χ0n) is 15.3. The number of piperidine rings is 1. The predicted molar refractivity (Wildman–Crippen MR) is 99.2 cm³/mol. The lowest BCUT2D eigenvalue weighted by atomic mass is 10.1. The number of nitrogens with zero attached hydrogens (tertiary/aromatic N) is 3. The van der Waals surface area contributed by atoms with Crippen molar-refractivity contribution in [1.82, 2.24) is 14.8 Å². The van der Waals surface area contributed by atoms with Gasteiger partial charge in [-0.1, -0.05) is 0 Å². The summed E-state index contributed by atoms with van der Waals surface area (Å²) in [7, 11) is 0. The van der Waals surface area contributed by atoms with Crippen LogP contribution in [0.1, 0.15) is 45.6 Å². The van der Waals surface area contributed by atoms with Crippen LogP contribution in [0.4, 0.5) is 10.6 Å². The lowest BCUT2D eigenvalue weighted by Crippen LogP contribution is -2.46. The molecule has 6 nitrogen and oxygen atoms in total. The molecular formula is C19H27N5O. The van der Waals surface area contributed by atoms with Gasteiger partial charge in [-0.2, -0.15) is 5.26 Å². The first-order valence-electron chi connectivity index (χ1n) is 8.70. The highest BCUT2D eigenvalue weighted by atomic mass is 16.2. The van der Waals surface area contributed by atoms with Crippen LogP contribution >= 0.6 is 0 Å². The minimum Gasteiger partial charge on any atom is -0.335 e. The Morgan fingerprint density at radius 2 is 2.08 bits per heavy atom. The number of aromatic nitrogens is 1. The molecule has 0 bridgehead atoms. The van der Waals surface area contributed by atoms with Gasteiger partial charge in [-0.15, -0.1) is 12.3 Å². The molecule has 0 spiro atoms. The molecule has 2 amide bonds. The normalized spacial score (nSPS) is 16.0. The summed E-state index contributed by atoms with van der Waals surface area (Å²) >= 11 is 0. The summed E-state index contributed by atoms with van der Waals surface area (Å²) in [6.07, 6.45) is 9.67. The van der Waals surface area contributed by atoms with Crippen molar-refractivity contribution >= 4 is 11.8 Å².